The van der Waals surface area contributed by atoms with Gasteiger partial charge >= 0.3 is 0 Å². The van der Waals surface area contributed by atoms with E-state index in [-0.39, 0.29) is 24.0 Å². The second kappa shape index (κ2) is 9.09. The van der Waals surface area contributed by atoms with Gasteiger partial charge < -0.3 is 10.2 Å². The number of hydrogen-bond donors (Lipinski definition) is 1. The van der Waals surface area contributed by atoms with Crippen LogP contribution in [0.4, 0.5) is 0 Å². The first-order chi connectivity index (χ1) is 10.1. The molecule has 1 aromatic heterocycles. The predicted molar refractivity (Wildman–Crippen MR) is 105 cm³/mol. The maximum absolute atomic E-state index is 4.45. The van der Waals surface area contributed by atoms with E-state index >= 15 is 0 Å². The topological polar surface area (TPSA) is 40.5 Å². The van der Waals surface area contributed by atoms with Crippen molar-refractivity contribution in [3.63, 3.8) is 0 Å². The number of hydrogen-bond acceptors (Lipinski definition) is 3. The fourth-order valence-electron chi connectivity index (χ4n) is 2.21. The number of benzene rings is 1. The van der Waals surface area contributed by atoms with Gasteiger partial charge in [-0.3, -0.25) is 4.99 Å². The van der Waals surface area contributed by atoms with E-state index in [0.717, 1.165) is 29.8 Å². The molecule has 0 aliphatic heterocycles. The first-order valence-electron chi connectivity index (χ1n) is 6.98. The highest BCUT2D eigenvalue weighted by molar-refractivity contribution is 14.0. The monoisotopic (exact) mass is 430 g/mol. The van der Waals surface area contributed by atoms with E-state index in [1.165, 1.54) is 10.4 Å². The van der Waals surface area contributed by atoms with Crippen molar-refractivity contribution in [2.75, 3.05) is 14.1 Å². The van der Waals surface area contributed by atoms with E-state index in [0.29, 0.717) is 0 Å². The van der Waals surface area contributed by atoms with Gasteiger partial charge in [-0.2, -0.15) is 0 Å². The van der Waals surface area contributed by atoms with Crippen LogP contribution in [0, 0.1) is 13.8 Å². The molecule has 2 aromatic rings. The second-order valence-corrected chi connectivity index (χ2v) is 6.27. The fourth-order valence-corrected chi connectivity index (χ4v) is 3.09. The Bertz CT molecular complexity index is 610. The van der Waals surface area contributed by atoms with Crippen LogP contribution < -0.4 is 5.32 Å². The normalized spacial score (nSPS) is 11.0. The lowest BCUT2D eigenvalue weighted by molar-refractivity contribution is 0.477. The van der Waals surface area contributed by atoms with E-state index in [1.807, 2.05) is 27.1 Å². The number of aliphatic imine (C=N–C) groups is 1. The molecule has 0 saturated carbocycles. The van der Waals surface area contributed by atoms with Crippen molar-refractivity contribution in [3.05, 3.63) is 51.5 Å². The summed E-state index contributed by atoms with van der Waals surface area (Å²) in [6.07, 6.45) is 0. The first-order valence-corrected chi connectivity index (χ1v) is 7.80. The Labute approximate surface area is 153 Å². The van der Waals surface area contributed by atoms with Crippen LogP contribution in [0.1, 0.15) is 21.1 Å². The molecule has 4 nitrogen and oxygen atoms in total. The lowest BCUT2D eigenvalue weighted by atomic mass is 10.2. The minimum absolute atomic E-state index is 0. The summed E-state index contributed by atoms with van der Waals surface area (Å²) in [6.45, 7) is 5.69. The molecule has 0 saturated heterocycles. The molecular formula is C16H23IN4S. The molecule has 0 radical (unpaired) electrons. The summed E-state index contributed by atoms with van der Waals surface area (Å²) in [7, 11) is 3.86. The number of halogens is 1. The molecule has 0 bridgehead atoms. The van der Waals surface area contributed by atoms with E-state index in [2.05, 4.69) is 51.4 Å². The lowest BCUT2D eigenvalue weighted by Gasteiger charge is -2.22. The Kier molecular flexibility index (Phi) is 7.81. The van der Waals surface area contributed by atoms with Crippen LogP contribution in [-0.2, 0) is 13.1 Å². The molecule has 1 N–H and O–H groups in total. The van der Waals surface area contributed by atoms with Gasteiger partial charge in [-0.1, -0.05) is 30.3 Å². The molecule has 0 amide bonds. The minimum Gasteiger partial charge on any atom is -0.351 e. The van der Waals surface area contributed by atoms with E-state index < -0.39 is 0 Å². The zero-order valence-corrected chi connectivity index (χ0v) is 16.6. The number of rotatable bonds is 4. The third-order valence-corrected chi connectivity index (χ3v) is 4.32. The molecule has 0 aliphatic rings. The zero-order chi connectivity index (χ0) is 15.2. The quantitative estimate of drug-likeness (QED) is 0.458. The van der Waals surface area contributed by atoms with Gasteiger partial charge in [0.25, 0.3) is 0 Å². The average Bonchev–Trinajstić information content (AvgIpc) is 2.79. The third-order valence-electron chi connectivity index (χ3n) is 3.24. The molecular weight excluding hydrogens is 407 g/mol. The molecule has 6 heteroatoms. The van der Waals surface area contributed by atoms with Crippen LogP contribution in [0.25, 0.3) is 0 Å². The van der Waals surface area contributed by atoms with Gasteiger partial charge in [0.1, 0.15) is 0 Å². The largest absolute Gasteiger partial charge is 0.351 e. The van der Waals surface area contributed by atoms with Crippen molar-refractivity contribution < 1.29 is 0 Å². The summed E-state index contributed by atoms with van der Waals surface area (Å²) in [5.41, 5.74) is 2.37. The van der Waals surface area contributed by atoms with Gasteiger partial charge in [0.2, 0.25) is 0 Å². The smallest absolute Gasteiger partial charge is 0.193 e. The highest BCUT2D eigenvalue weighted by atomic mass is 127. The van der Waals surface area contributed by atoms with Crippen molar-refractivity contribution in [1.29, 1.82) is 0 Å². The van der Waals surface area contributed by atoms with Crippen molar-refractivity contribution in [3.8, 4) is 0 Å². The fraction of sp³-hybridized carbons (Fsp3) is 0.375. The molecule has 0 fully saturated rings. The maximum atomic E-state index is 4.45. The van der Waals surface area contributed by atoms with E-state index in [9.17, 15) is 0 Å². The Hall–Kier alpha value is -1.15. The third kappa shape index (κ3) is 5.24. The first kappa shape index (κ1) is 18.9. The zero-order valence-electron chi connectivity index (χ0n) is 13.5. The summed E-state index contributed by atoms with van der Waals surface area (Å²) in [4.78, 5) is 12.2. The number of thiazole rings is 1. The summed E-state index contributed by atoms with van der Waals surface area (Å²) >= 11 is 1.74. The molecule has 22 heavy (non-hydrogen) atoms. The highest BCUT2D eigenvalue weighted by Crippen LogP contribution is 2.16. The van der Waals surface area contributed by atoms with Crippen molar-refractivity contribution in [2.24, 2.45) is 4.99 Å². The minimum atomic E-state index is 0. The molecule has 1 aromatic carbocycles. The van der Waals surface area contributed by atoms with E-state index in [1.54, 1.807) is 11.3 Å². The Morgan fingerprint density at radius 2 is 1.95 bits per heavy atom. The number of aryl methyl sites for hydroxylation is 2. The standard InChI is InChI=1S/C16H22N4S.HI/c1-12-15(21-13(2)19-12)10-18-16(17-3)20(4)11-14-8-6-5-7-9-14;/h5-9H,10-11H2,1-4H3,(H,17,18);1H. The van der Waals surface area contributed by atoms with Crippen LogP contribution in [0.5, 0.6) is 0 Å². The van der Waals surface area contributed by atoms with Gasteiger partial charge in [-0.05, 0) is 19.4 Å². The maximum Gasteiger partial charge on any atom is 0.193 e. The molecule has 2 rings (SSSR count). The van der Waals surface area contributed by atoms with Gasteiger partial charge in [0.05, 0.1) is 17.2 Å². The summed E-state index contributed by atoms with van der Waals surface area (Å²) in [5.74, 6) is 0.893. The SMILES string of the molecule is CN=C(NCc1sc(C)nc1C)N(C)Cc1ccccc1.I. The molecule has 120 valence electrons. The van der Waals surface area contributed by atoms with Gasteiger partial charge in [0, 0.05) is 25.5 Å². The van der Waals surface area contributed by atoms with Crippen LogP contribution >= 0.6 is 35.3 Å². The van der Waals surface area contributed by atoms with Gasteiger partial charge in [-0.25, -0.2) is 4.98 Å². The van der Waals surface area contributed by atoms with Gasteiger partial charge in [-0.15, -0.1) is 35.3 Å². The molecule has 0 unspecified atom stereocenters. The van der Waals surface area contributed by atoms with Crippen LogP contribution in [0.3, 0.4) is 0 Å². The number of nitrogens with zero attached hydrogens (tertiary/aromatic N) is 3. The van der Waals surface area contributed by atoms with Crippen molar-refractivity contribution in [2.45, 2.75) is 26.9 Å². The predicted octanol–water partition coefficient (Wildman–Crippen LogP) is 3.59. The summed E-state index contributed by atoms with van der Waals surface area (Å²) in [5, 5.41) is 4.51. The number of aromatic nitrogens is 1. The van der Waals surface area contributed by atoms with Crippen LogP contribution in [0.15, 0.2) is 35.3 Å². The molecule has 0 spiro atoms. The summed E-state index contributed by atoms with van der Waals surface area (Å²) in [6, 6.07) is 10.4. The molecule has 0 aliphatic carbocycles. The van der Waals surface area contributed by atoms with Crippen molar-refractivity contribution in [1.82, 2.24) is 15.2 Å². The number of nitrogens with one attached hydrogen (secondary N) is 1. The van der Waals surface area contributed by atoms with Crippen molar-refractivity contribution >= 4 is 41.3 Å². The number of guanidine groups is 1. The average molecular weight is 430 g/mol. The Morgan fingerprint density at radius 1 is 1.27 bits per heavy atom. The summed E-state index contributed by atoms with van der Waals surface area (Å²) < 4.78 is 0. The van der Waals surface area contributed by atoms with Crippen LogP contribution in [0.2, 0.25) is 0 Å². The van der Waals surface area contributed by atoms with Gasteiger partial charge in [0.15, 0.2) is 5.96 Å². The Morgan fingerprint density at radius 3 is 2.50 bits per heavy atom. The molecule has 1 heterocycles. The Balaban J connectivity index is 0.00000242. The lowest BCUT2D eigenvalue weighted by Crippen LogP contribution is -2.38. The molecule has 0 atom stereocenters. The van der Waals surface area contributed by atoms with Crippen LogP contribution in [-0.4, -0.2) is 29.9 Å². The second-order valence-electron chi connectivity index (χ2n) is 4.98. The van der Waals surface area contributed by atoms with E-state index in [4.69, 9.17) is 0 Å². The highest BCUT2D eigenvalue weighted by Gasteiger charge is 2.09.